The molecular formula is C20H34N4O2. The molecule has 146 valence electrons. The van der Waals surface area contributed by atoms with Crippen molar-refractivity contribution in [2.24, 2.45) is 16.8 Å². The van der Waals surface area contributed by atoms with Crippen LogP contribution < -0.4 is 15.4 Å². The van der Waals surface area contributed by atoms with E-state index in [0.29, 0.717) is 18.3 Å². The predicted molar refractivity (Wildman–Crippen MR) is 105 cm³/mol. The molecule has 0 saturated heterocycles. The maximum Gasteiger partial charge on any atom is 0.213 e. The molecule has 1 aliphatic rings. The summed E-state index contributed by atoms with van der Waals surface area (Å²) in [6.45, 7) is 7.47. The van der Waals surface area contributed by atoms with Crippen molar-refractivity contribution >= 4 is 5.96 Å². The second kappa shape index (κ2) is 11.7. The number of hydrogen-bond donors (Lipinski definition) is 3. The fourth-order valence-electron chi connectivity index (χ4n) is 2.77. The normalized spacial score (nSPS) is 15.6. The van der Waals surface area contributed by atoms with Gasteiger partial charge in [0, 0.05) is 32.0 Å². The number of aliphatic hydroxyl groups excluding tert-OH is 1. The molecule has 6 heteroatoms. The number of aromatic nitrogens is 1. The van der Waals surface area contributed by atoms with E-state index < -0.39 is 0 Å². The van der Waals surface area contributed by atoms with Gasteiger partial charge in [0.25, 0.3) is 0 Å². The highest BCUT2D eigenvalue weighted by Crippen LogP contribution is 2.29. The standard InChI is InChI=1S/C20H34N4O2/c1-3-5-16(10-11-25)12-23-20(21-4-2)24-14-18-8-9-19(22-13-18)26-15-17-6-7-17/h8-9,13,16-17,25H,3-7,10-12,14-15H2,1-2H3,(H2,21,23,24). The molecule has 1 heterocycles. The van der Waals surface area contributed by atoms with E-state index in [1.54, 1.807) is 0 Å². The summed E-state index contributed by atoms with van der Waals surface area (Å²) in [6.07, 6.45) is 7.46. The van der Waals surface area contributed by atoms with Crippen LogP contribution in [-0.4, -0.2) is 42.4 Å². The zero-order valence-electron chi connectivity index (χ0n) is 16.2. The Labute approximate surface area is 157 Å². The van der Waals surface area contributed by atoms with E-state index >= 15 is 0 Å². The molecule has 0 aromatic carbocycles. The summed E-state index contributed by atoms with van der Waals surface area (Å²) in [4.78, 5) is 9.01. The van der Waals surface area contributed by atoms with Gasteiger partial charge < -0.3 is 20.5 Å². The van der Waals surface area contributed by atoms with Gasteiger partial charge in [-0.15, -0.1) is 0 Å². The van der Waals surface area contributed by atoms with Crippen molar-refractivity contribution < 1.29 is 9.84 Å². The third kappa shape index (κ3) is 8.04. The first-order valence-electron chi connectivity index (χ1n) is 9.95. The predicted octanol–water partition coefficient (Wildman–Crippen LogP) is 2.72. The van der Waals surface area contributed by atoms with Gasteiger partial charge in [-0.3, -0.25) is 0 Å². The quantitative estimate of drug-likeness (QED) is 0.394. The summed E-state index contributed by atoms with van der Waals surface area (Å²) in [5.74, 6) is 2.71. The first kappa shape index (κ1) is 20.5. The monoisotopic (exact) mass is 362 g/mol. The van der Waals surface area contributed by atoms with Gasteiger partial charge in [-0.25, -0.2) is 9.98 Å². The lowest BCUT2D eigenvalue weighted by Gasteiger charge is -2.18. The average molecular weight is 363 g/mol. The minimum absolute atomic E-state index is 0.237. The van der Waals surface area contributed by atoms with Crippen LogP contribution in [0.4, 0.5) is 0 Å². The van der Waals surface area contributed by atoms with E-state index in [9.17, 15) is 5.11 Å². The molecule has 1 saturated carbocycles. The van der Waals surface area contributed by atoms with Crippen molar-refractivity contribution in [3.05, 3.63) is 23.9 Å². The van der Waals surface area contributed by atoms with E-state index in [0.717, 1.165) is 56.4 Å². The lowest BCUT2D eigenvalue weighted by Crippen LogP contribution is -2.40. The van der Waals surface area contributed by atoms with Crippen LogP contribution in [0.25, 0.3) is 0 Å². The van der Waals surface area contributed by atoms with E-state index in [1.165, 1.54) is 12.8 Å². The Morgan fingerprint density at radius 2 is 2.15 bits per heavy atom. The number of hydrogen-bond acceptors (Lipinski definition) is 4. The fraction of sp³-hybridized carbons (Fsp3) is 0.700. The largest absolute Gasteiger partial charge is 0.477 e. The Kier molecular flexibility index (Phi) is 9.24. The molecule has 1 unspecified atom stereocenters. The maximum atomic E-state index is 9.19. The highest BCUT2D eigenvalue weighted by atomic mass is 16.5. The van der Waals surface area contributed by atoms with Crippen molar-refractivity contribution in [2.75, 3.05) is 26.3 Å². The van der Waals surface area contributed by atoms with Gasteiger partial charge >= 0.3 is 0 Å². The second-order valence-corrected chi connectivity index (χ2v) is 7.00. The third-order valence-electron chi connectivity index (χ3n) is 4.52. The lowest BCUT2D eigenvalue weighted by molar-refractivity contribution is 0.251. The minimum Gasteiger partial charge on any atom is -0.477 e. The summed E-state index contributed by atoms with van der Waals surface area (Å²) in [5, 5.41) is 15.9. The SMILES string of the molecule is CCCC(CCO)CNC(=NCc1ccc(OCC2CC2)nc1)NCC. The molecule has 0 aliphatic heterocycles. The number of aliphatic imine (C=N–C) groups is 1. The number of aliphatic hydroxyl groups is 1. The molecule has 0 amide bonds. The zero-order chi connectivity index (χ0) is 18.6. The summed E-state index contributed by atoms with van der Waals surface area (Å²) in [5.41, 5.74) is 1.06. The van der Waals surface area contributed by atoms with Gasteiger partial charge in [0.05, 0.1) is 13.2 Å². The van der Waals surface area contributed by atoms with Crippen molar-refractivity contribution in [1.82, 2.24) is 15.6 Å². The minimum atomic E-state index is 0.237. The van der Waals surface area contributed by atoms with Gasteiger partial charge in [-0.1, -0.05) is 19.4 Å². The topological polar surface area (TPSA) is 78.8 Å². The second-order valence-electron chi connectivity index (χ2n) is 7.00. The van der Waals surface area contributed by atoms with Crippen molar-refractivity contribution in [2.45, 2.75) is 52.5 Å². The molecule has 1 aliphatic carbocycles. The van der Waals surface area contributed by atoms with Gasteiger partial charge in [-0.05, 0) is 50.0 Å². The first-order valence-corrected chi connectivity index (χ1v) is 9.95. The molecule has 6 nitrogen and oxygen atoms in total. The van der Waals surface area contributed by atoms with Gasteiger partial charge in [0.2, 0.25) is 5.88 Å². The van der Waals surface area contributed by atoms with Crippen LogP contribution in [0, 0.1) is 11.8 Å². The van der Waals surface area contributed by atoms with E-state index in [2.05, 4.69) is 34.5 Å². The average Bonchev–Trinajstić information content (AvgIpc) is 3.48. The molecule has 26 heavy (non-hydrogen) atoms. The summed E-state index contributed by atoms with van der Waals surface area (Å²) >= 11 is 0. The first-order chi connectivity index (χ1) is 12.7. The van der Waals surface area contributed by atoms with Crippen LogP contribution in [0.2, 0.25) is 0 Å². The molecule has 0 radical (unpaired) electrons. The van der Waals surface area contributed by atoms with Crippen LogP contribution in [-0.2, 0) is 6.54 Å². The van der Waals surface area contributed by atoms with Crippen LogP contribution >= 0.6 is 0 Å². The van der Waals surface area contributed by atoms with Gasteiger partial charge in [-0.2, -0.15) is 0 Å². The third-order valence-corrected chi connectivity index (χ3v) is 4.52. The molecule has 1 aromatic heterocycles. The lowest BCUT2D eigenvalue weighted by atomic mass is 10.0. The van der Waals surface area contributed by atoms with Crippen molar-refractivity contribution in [1.29, 1.82) is 0 Å². The Morgan fingerprint density at radius 3 is 2.77 bits per heavy atom. The summed E-state index contributed by atoms with van der Waals surface area (Å²) in [7, 11) is 0. The van der Waals surface area contributed by atoms with Gasteiger partial charge in [0.15, 0.2) is 5.96 Å². The van der Waals surface area contributed by atoms with Crippen molar-refractivity contribution in [3.8, 4) is 5.88 Å². The van der Waals surface area contributed by atoms with Crippen LogP contribution in [0.15, 0.2) is 23.3 Å². The van der Waals surface area contributed by atoms with E-state index in [-0.39, 0.29) is 6.61 Å². The smallest absolute Gasteiger partial charge is 0.213 e. The number of guanidine groups is 1. The van der Waals surface area contributed by atoms with Crippen LogP contribution in [0.3, 0.4) is 0 Å². The number of nitrogens with one attached hydrogen (secondary N) is 2. The highest BCUT2D eigenvalue weighted by molar-refractivity contribution is 5.79. The number of rotatable bonds is 12. The molecule has 1 fully saturated rings. The molecule has 1 aromatic rings. The molecule has 3 N–H and O–H groups in total. The van der Waals surface area contributed by atoms with E-state index in [4.69, 9.17) is 4.74 Å². The highest BCUT2D eigenvalue weighted by Gasteiger charge is 2.22. The van der Waals surface area contributed by atoms with Gasteiger partial charge in [0.1, 0.15) is 0 Å². The molecular weight excluding hydrogens is 328 g/mol. The Hall–Kier alpha value is -1.82. The van der Waals surface area contributed by atoms with E-state index in [1.807, 2.05) is 18.3 Å². The maximum absolute atomic E-state index is 9.19. The Balaban J connectivity index is 1.82. The fourth-order valence-corrected chi connectivity index (χ4v) is 2.77. The molecule has 1 atom stereocenters. The molecule has 0 spiro atoms. The Morgan fingerprint density at radius 1 is 1.31 bits per heavy atom. The molecule has 0 bridgehead atoms. The zero-order valence-corrected chi connectivity index (χ0v) is 16.2. The number of nitrogens with zero attached hydrogens (tertiary/aromatic N) is 2. The number of pyridine rings is 1. The number of ether oxygens (including phenoxy) is 1. The van der Waals surface area contributed by atoms with Crippen molar-refractivity contribution in [3.63, 3.8) is 0 Å². The molecule has 2 rings (SSSR count). The summed E-state index contributed by atoms with van der Waals surface area (Å²) < 4.78 is 5.67. The van der Waals surface area contributed by atoms with Crippen LogP contribution in [0.5, 0.6) is 5.88 Å². The summed E-state index contributed by atoms with van der Waals surface area (Å²) in [6, 6.07) is 3.94. The Bertz CT molecular complexity index is 523. The van der Waals surface area contributed by atoms with Crippen LogP contribution in [0.1, 0.15) is 51.5 Å².